The highest BCUT2D eigenvalue weighted by atomic mass is 32.1. The van der Waals surface area contributed by atoms with Crippen LogP contribution in [0, 0.1) is 0 Å². The lowest BCUT2D eigenvalue weighted by Crippen LogP contribution is -2.04. The Kier molecular flexibility index (Phi) is 4.32. The molecule has 0 atom stereocenters. The lowest BCUT2D eigenvalue weighted by molar-refractivity contribution is -0.138. The second-order valence-corrected chi connectivity index (χ2v) is 6.05. The number of rotatable bonds is 2. The summed E-state index contributed by atoms with van der Waals surface area (Å²) < 4.78 is 75.4. The van der Waals surface area contributed by atoms with Gasteiger partial charge in [0.1, 0.15) is 5.01 Å². The second kappa shape index (κ2) is 6.18. The Morgan fingerprint density at radius 1 is 0.640 bits per heavy atom. The molecule has 8 heteroatoms. The van der Waals surface area contributed by atoms with Gasteiger partial charge in [0.15, 0.2) is 0 Å². The number of hydrogen-bond donors (Lipinski definition) is 0. The van der Waals surface area contributed by atoms with Gasteiger partial charge in [-0.05, 0) is 24.3 Å². The molecule has 1 heterocycles. The maximum atomic E-state index is 12.6. The van der Waals surface area contributed by atoms with Crippen molar-refractivity contribution in [1.29, 1.82) is 0 Å². The lowest BCUT2D eigenvalue weighted by Gasteiger charge is -2.07. The second-order valence-electron chi connectivity index (χ2n) is 5.19. The molecule has 3 aromatic rings. The molecular weight excluding hydrogens is 364 g/mol. The number of thiazole rings is 1. The number of halogens is 6. The molecule has 2 aromatic carbocycles. The van der Waals surface area contributed by atoms with Crippen LogP contribution in [0.25, 0.3) is 21.8 Å². The van der Waals surface area contributed by atoms with E-state index in [1.54, 1.807) is 5.38 Å². The number of benzene rings is 2. The van der Waals surface area contributed by atoms with Crippen LogP contribution in [0.3, 0.4) is 0 Å². The molecule has 0 aliphatic carbocycles. The number of hydrogen-bond acceptors (Lipinski definition) is 2. The smallest absolute Gasteiger partial charge is 0.236 e. The van der Waals surface area contributed by atoms with E-state index in [0.717, 1.165) is 24.3 Å². The molecule has 3 rings (SSSR count). The van der Waals surface area contributed by atoms with Crippen LogP contribution in [0.5, 0.6) is 0 Å². The first-order valence-electron chi connectivity index (χ1n) is 6.95. The van der Waals surface area contributed by atoms with Crippen molar-refractivity contribution in [3.8, 4) is 21.8 Å². The van der Waals surface area contributed by atoms with Crippen LogP contribution < -0.4 is 0 Å². The van der Waals surface area contributed by atoms with E-state index in [1.165, 1.54) is 35.6 Å². The highest BCUT2D eigenvalue weighted by molar-refractivity contribution is 7.13. The van der Waals surface area contributed by atoms with Gasteiger partial charge in [0.05, 0.1) is 16.8 Å². The monoisotopic (exact) mass is 373 g/mol. The van der Waals surface area contributed by atoms with Crippen molar-refractivity contribution in [2.24, 2.45) is 0 Å². The highest BCUT2D eigenvalue weighted by Crippen LogP contribution is 2.34. The minimum Gasteiger partial charge on any atom is -0.236 e. The molecule has 0 N–H and O–H groups in total. The Balaban J connectivity index is 1.85. The summed E-state index contributed by atoms with van der Waals surface area (Å²) >= 11 is 1.21. The molecule has 0 spiro atoms. The maximum Gasteiger partial charge on any atom is 0.416 e. The van der Waals surface area contributed by atoms with Gasteiger partial charge < -0.3 is 0 Å². The Hall–Kier alpha value is -2.35. The Morgan fingerprint density at radius 3 is 1.52 bits per heavy atom. The van der Waals surface area contributed by atoms with Crippen LogP contribution in [0.15, 0.2) is 53.9 Å². The van der Waals surface area contributed by atoms with E-state index in [1.807, 2.05) is 0 Å². The fraction of sp³-hybridized carbons (Fsp3) is 0.118. The topological polar surface area (TPSA) is 12.9 Å². The fourth-order valence-corrected chi connectivity index (χ4v) is 3.01. The van der Waals surface area contributed by atoms with Crippen molar-refractivity contribution in [3.05, 3.63) is 65.0 Å². The molecule has 25 heavy (non-hydrogen) atoms. The molecule has 130 valence electrons. The number of nitrogens with zero attached hydrogens (tertiary/aromatic N) is 1. The molecule has 0 bridgehead atoms. The first-order valence-corrected chi connectivity index (χ1v) is 7.83. The van der Waals surface area contributed by atoms with Crippen molar-refractivity contribution in [2.45, 2.75) is 12.4 Å². The van der Waals surface area contributed by atoms with Crippen molar-refractivity contribution >= 4 is 11.3 Å². The third kappa shape index (κ3) is 3.84. The van der Waals surface area contributed by atoms with Gasteiger partial charge in [0.2, 0.25) is 0 Å². The minimum atomic E-state index is -4.41. The lowest BCUT2D eigenvalue weighted by atomic mass is 10.1. The summed E-state index contributed by atoms with van der Waals surface area (Å²) in [5, 5.41) is 2.14. The third-order valence-corrected chi connectivity index (χ3v) is 4.36. The van der Waals surface area contributed by atoms with Crippen molar-refractivity contribution in [2.75, 3.05) is 0 Å². The number of aromatic nitrogens is 1. The number of alkyl halides is 6. The summed E-state index contributed by atoms with van der Waals surface area (Å²) in [7, 11) is 0. The molecule has 0 aliphatic heterocycles. The molecule has 1 nitrogen and oxygen atoms in total. The predicted molar refractivity (Wildman–Crippen MR) is 83.0 cm³/mol. The largest absolute Gasteiger partial charge is 0.416 e. The summed E-state index contributed by atoms with van der Waals surface area (Å²) in [4.78, 5) is 4.29. The van der Waals surface area contributed by atoms with Crippen LogP contribution in [0.2, 0.25) is 0 Å². The summed E-state index contributed by atoms with van der Waals surface area (Å²) in [6.45, 7) is 0. The highest BCUT2D eigenvalue weighted by Gasteiger charge is 2.31. The van der Waals surface area contributed by atoms with Gasteiger partial charge in [0.25, 0.3) is 0 Å². The Morgan fingerprint density at radius 2 is 1.08 bits per heavy atom. The molecule has 0 aliphatic rings. The first kappa shape index (κ1) is 17.5. The summed E-state index contributed by atoms with van der Waals surface area (Å²) in [6.07, 6.45) is -8.82. The molecule has 0 saturated carbocycles. The van der Waals surface area contributed by atoms with Crippen molar-refractivity contribution in [1.82, 2.24) is 4.98 Å². The van der Waals surface area contributed by atoms with E-state index < -0.39 is 23.5 Å². The van der Waals surface area contributed by atoms with Crippen LogP contribution >= 0.6 is 11.3 Å². The molecule has 0 unspecified atom stereocenters. The zero-order valence-electron chi connectivity index (χ0n) is 12.3. The van der Waals surface area contributed by atoms with Gasteiger partial charge in [-0.15, -0.1) is 11.3 Å². The van der Waals surface area contributed by atoms with Crippen LogP contribution in [-0.4, -0.2) is 4.98 Å². The van der Waals surface area contributed by atoms with Gasteiger partial charge in [-0.3, -0.25) is 0 Å². The van der Waals surface area contributed by atoms with Crippen LogP contribution in [-0.2, 0) is 12.4 Å². The van der Waals surface area contributed by atoms with E-state index in [2.05, 4.69) is 4.98 Å². The molecular formula is C17H9F6NS. The average molecular weight is 373 g/mol. The van der Waals surface area contributed by atoms with E-state index >= 15 is 0 Å². The van der Waals surface area contributed by atoms with E-state index in [9.17, 15) is 26.3 Å². The molecule has 0 radical (unpaired) electrons. The van der Waals surface area contributed by atoms with Gasteiger partial charge in [0, 0.05) is 16.5 Å². The summed E-state index contributed by atoms with van der Waals surface area (Å²) in [6, 6.07) is 9.13. The molecule has 1 aromatic heterocycles. The normalized spacial score (nSPS) is 12.4. The van der Waals surface area contributed by atoms with E-state index in [4.69, 9.17) is 0 Å². The predicted octanol–water partition coefficient (Wildman–Crippen LogP) is 6.51. The third-order valence-electron chi connectivity index (χ3n) is 3.47. The zero-order chi connectivity index (χ0) is 18.2. The van der Waals surface area contributed by atoms with Crippen LogP contribution in [0.1, 0.15) is 11.1 Å². The Labute approximate surface area is 142 Å². The zero-order valence-corrected chi connectivity index (χ0v) is 13.1. The van der Waals surface area contributed by atoms with Crippen LogP contribution in [0.4, 0.5) is 26.3 Å². The summed E-state index contributed by atoms with van der Waals surface area (Å²) in [5.41, 5.74) is -0.0302. The van der Waals surface area contributed by atoms with Crippen molar-refractivity contribution in [3.63, 3.8) is 0 Å². The first-order chi connectivity index (χ1) is 11.6. The minimum absolute atomic E-state index is 0.466. The van der Waals surface area contributed by atoms with Gasteiger partial charge in [-0.2, -0.15) is 26.3 Å². The summed E-state index contributed by atoms with van der Waals surface area (Å²) in [5.74, 6) is 0. The quantitative estimate of drug-likeness (QED) is 0.466. The molecule has 0 fully saturated rings. The Bertz CT molecular complexity index is 788. The van der Waals surface area contributed by atoms with E-state index in [0.29, 0.717) is 21.8 Å². The van der Waals surface area contributed by atoms with Gasteiger partial charge in [-0.1, -0.05) is 24.3 Å². The average Bonchev–Trinajstić information content (AvgIpc) is 3.03. The van der Waals surface area contributed by atoms with E-state index in [-0.39, 0.29) is 0 Å². The standard InChI is InChI=1S/C17H9F6NS/c18-16(19,20)12-5-1-10(2-6-12)14-9-25-15(24-14)11-3-7-13(8-4-11)17(21,22)23/h1-9H. The molecule has 0 saturated heterocycles. The SMILES string of the molecule is FC(F)(F)c1ccc(-c2csc(-c3ccc(C(F)(F)F)cc3)n2)cc1. The van der Waals surface area contributed by atoms with Crippen molar-refractivity contribution < 1.29 is 26.3 Å². The molecule has 0 amide bonds. The van der Waals surface area contributed by atoms with Gasteiger partial charge >= 0.3 is 12.4 Å². The fourth-order valence-electron chi connectivity index (χ4n) is 2.17. The maximum absolute atomic E-state index is 12.6. The van der Waals surface area contributed by atoms with Gasteiger partial charge in [-0.25, -0.2) is 4.98 Å².